The molecule has 1 aromatic heterocycles. The molecule has 2 atom stereocenters. The molecule has 104 valence electrons. The highest BCUT2D eigenvalue weighted by Crippen LogP contribution is 2.24. The van der Waals surface area contributed by atoms with E-state index in [1.807, 2.05) is 0 Å². The zero-order valence-corrected chi connectivity index (χ0v) is 10.6. The van der Waals surface area contributed by atoms with Gasteiger partial charge in [-0.3, -0.25) is 9.78 Å². The smallest absolute Gasteiger partial charge is 0.303 e. The molecule has 0 aromatic carbocycles. The summed E-state index contributed by atoms with van der Waals surface area (Å²) in [5.41, 5.74) is 0.667. The number of aliphatic carboxylic acids is 1. The van der Waals surface area contributed by atoms with Gasteiger partial charge in [-0.1, -0.05) is 18.2 Å². The van der Waals surface area contributed by atoms with Crippen molar-refractivity contribution in [1.82, 2.24) is 4.98 Å². The molecule has 0 unspecified atom stereocenters. The van der Waals surface area contributed by atoms with Crippen LogP contribution in [0.25, 0.3) is 0 Å². The summed E-state index contributed by atoms with van der Waals surface area (Å²) in [6.45, 7) is -0.140. The predicted molar refractivity (Wildman–Crippen MR) is 70.4 cm³/mol. The maximum atomic E-state index is 10.3. The van der Waals surface area contributed by atoms with Gasteiger partial charge in [0, 0.05) is 31.3 Å². The molecule has 0 fully saturated rings. The van der Waals surface area contributed by atoms with Crippen LogP contribution in [-0.4, -0.2) is 32.9 Å². The molecule has 5 nitrogen and oxygen atoms in total. The van der Waals surface area contributed by atoms with Gasteiger partial charge >= 0.3 is 5.97 Å². The highest BCUT2D eigenvalue weighted by molar-refractivity contribution is 5.66. The number of carboxylic acids is 1. The van der Waals surface area contributed by atoms with Crippen molar-refractivity contribution >= 4 is 5.97 Å². The van der Waals surface area contributed by atoms with E-state index in [0.717, 1.165) is 0 Å². The fourth-order valence-electron chi connectivity index (χ4n) is 1.72. The minimum absolute atomic E-state index is 0.0887. The van der Waals surface area contributed by atoms with Gasteiger partial charge in [-0.2, -0.15) is 0 Å². The Morgan fingerprint density at radius 1 is 1.42 bits per heavy atom. The Labute approximate surface area is 112 Å². The lowest BCUT2D eigenvalue weighted by Gasteiger charge is -2.19. The number of hydrogen-bond acceptors (Lipinski definition) is 4. The lowest BCUT2D eigenvalue weighted by molar-refractivity contribution is -0.136. The summed E-state index contributed by atoms with van der Waals surface area (Å²) in [6.07, 6.45) is 7.00. The molecule has 0 aliphatic heterocycles. The second-order valence-corrected chi connectivity index (χ2v) is 4.31. The quantitative estimate of drug-likeness (QED) is 0.620. The number of hydrogen-bond donors (Lipinski definition) is 3. The molecular weight excluding hydrogens is 246 g/mol. The molecule has 5 heteroatoms. The van der Waals surface area contributed by atoms with Crippen LogP contribution >= 0.6 is 0 Å². The largest absolute Gasteiger partial charge is 0.481 e. The van der Waals surface area contributed by atoms with Crippen LogP contribution < -0.4 is 0 Å². The summed E-state index contributed by atoms with van der Waals surface area (Å²) in [5, 5.41) is 27.9. The van der Waals surface area contributed by atoms with Crippen LogP contribution in [0.2, 0.25) is 0 Å². The van der Waals surface area contributed by atoms with E-state index in [4.69, 9.17) is 5.11 Å². The first-order chi connectivity index (χ1) is 9.15. The predicted octanol–water partition coefficient (Wildman–Crippen LogP) is 1.53. The van der Waals surface area contributed by atoms with Crippen molar-refractivity contribution in [2.45, 2.75) is 25.4 Å². The Kier molecular flexibility index (Phi) is 6.78. The van der Waals surface area contributed by atoms with E-state index in [-0.39, 0.29) is 18.9 Å². The first-order valence-corrected chi connectivity index (χ1v) is 6.20. The van der Waals surface area contributed by atoms with Gasteiger partial charge in [-0.25, -0.2) is 0 Å². The fourth-order valence-corrected chi connectivity index (χ4v) is 1.72. The monoisotopic (exact) mass is 265 g/mol. The van der Waals surface area contributed by atoms with E-state index in [9.17, 15) is 15.0 Å². The highest BCUT2D eigenvalue weighted by atomic mass is 16.4. The second-order valence-electron chi connectivity index (χ2n) is 4.31. The first-order valence-electron chi connectivity index (χ1n) is 6.20. The van der Waals surface area contributed by atoms with Crippen LogP contribution in [0.3, 0.4) is 0 Å². The number of aromatic nitrogens is 1. The zero-order valence-electron chi connectivity index (χ0n) is 10.6. The van der Waals surface area contributed by atoms with Crippen molar-refractivity contribution in [3.63, 3.8) is 0 Å². The van der Waals surface area contributed by atoms with Crippen LogP contribution in [-0.2, 0) is 4.79 Å². The molecule has 1 rings (SSSR count). The molecule has 0 saturated heterocycles. The van der Waals surface area contributed by atoms with E-state index in [1.54, 1.807) is 36.7 Å². The number of aliphatic hydroxyl groups excluding tert-OH is 2. The number of carboxylic acid groups (broad SMARTS) is 1. The third kappa shape index (κ3) is 5.63. The third-order valence-electron chi connectivity index (χ3n) is 2.84. The molecule has 0 bridgehead atoms. The van der Waals surface area contributed by atoms with Crippen LogP contribution in [0.1, 0.15) is 30.9 Å². The summed E-state index contributed by atoms with van der Waals surface area (Å²) in [7, 11) is 0. The molecule has 3 N–H and O–H groups in total. The lowest BCUT2D eigenvalue weighted by atomic mass is 9.94. The van der Waals surface area contributed by atoms with Crippen molar-refractivity contribution < 1.29 is 20.1 Å². The number of nitrogens with zero attached hydrogens (tertiary/aromatic N) is 1. The number of pyridine rings is 1. The third-order valence-corrected chi connectivity index (χ3v) is 2.84. The molecule has 0 spiro atoms. The maximum Gasteiger partial charge on any atom is 0.303 e. The Morgan fingerprint density at radius 3 is 2.79 bits per heavy atom. The standard InChI is InChI=1S/C14H19NO4/c16-10-12(5-2-1-3-7-13(17)18)14(19)11-6-4-8-15-9-11/h1-2,4,6,8-9,12,14,16,19H,3,5,7,10H2,(H,17,18)/b2-1-/t12-,14-/m1/s1. The van der Waals surface area contributed by atoms with E-state index >= 15 is 0 Å². The summed E-state index contributed by atoms with van der Waals surface area (Å²) < 4.78 is 0. The number of rotatable bonds is 8. The van der Waals surface area contributed by atoms with E-state index in [0.29, 0.717) is 18.4 Å². The van der Waals surface area contributed by atoms with Crippen molar-refractivity contribution in [1.29, 1.82) is 0 Å². The van der Waals surface area contributed by atoms with Crippen molar-refractivity contribution in [2.75, 3.05) is 6.61 Å². The Morgan fingerprint density at radius 2 is 2.21 bits per heavy atom. The Hall–Kier alpha value is -1.72. The van der Waals surface area contributed by atoms with Crippen LogP contribution in [0.15, 0.2) is 36.7 Å². The molecule has 0 amide bonds. The average molecular weight is 265 g/mol. The van der Waals surface area contributed by atoms with Crippen molar-refractivity contribution in [3.05, 3.63) is 42.2 Å². The van der Waals surface area contributed by atoms with Crippen LogP contribution in [0.4, 0.5) is 0 Å². The second kappa shape index (κ2) is 8.39. The molecule has 0 aliphatic carbocycles. The van der Waals surface area contributed by atoms with E-state index in [1.165, 1.54) is 0 Å². The summed E-state index contributed by atoms with van der Waals surface area (Å²) in [6, 6.07) is 3.49. The van der Waals surface area contributed by atoms with Crippen molar-refractivity contribution in [3.8, 4) is 0 Å². The van der Waals surface area contributed by atoms with Gasteiger partial charge in [0.25, 0.3) is 0 Å². The van der Waals surface area contributed by atoms with Gasteiger partial charge in [-0.05, 0) is 24.5 Å². The van der Waals surface area contributed by atoms with Gasteiger partial charge in [0.05, 0.1) is 6.10 Å². The number of carbonyl (C=O) groups is 1. The molecule has 1 aromatic rings. The highest BCUT2D eigenvalue weighted by Gasteiger charge is 2.18. The SMILES string of the molecule is O=C(O)CC/C=C\C[C@H](CO)[C@H](O)c1cccnc1. The Bertz CT molecular complexity index is 405. The lowest BCUT2D eigenvalue weighted by Crippen LogP contribution is -2.16. The molecule has 0 radical (unpaired) electrons. The molecule has 0 saturated carbocycles. The topological polar surface area (TPSA) is 90.7 Å². The fraction of sp³-hybridized carbons (Fsp3) is 0.429. The van der Waals surface area contributed by atoms with Gasteiger partial charge < -0.3 is 15.3 Å². The molecule has 19 heavy (non-hydrogen) atoms. The van der Waals surface area contributed by atoms with E-state index in [2.05, 4.69) is 4.98 Å². The van der Waals surface area contributed by atoms with E-state index < -0.39 is 12.1 Å². The average Bonchev–Trinajstić information content (AvgIpc) is 2.43. The maximum absolute atomic E-state index is 10.3. The number of aliphatic hydroxyl groups is 2. The van der Waals surface area contributed by atoms with Gasteiger partial charge in [0.15, 0.2) is 0 Å². The van der Waals surface area contributed by atoms with Crippen LogP contribution in [0.5, 0.6) is 0 Å². The zero-order chi connectivity index (χ0) is 14.1. The normalized spacial score (nSPS) is 14.4. The van der Waals surface area contributed by atoms with Crippen LogP contribution in [0, 0.1) is 5.92 Å². The summed E-state index contributed by atoms with van der Waals surface area (Å²) >= 11 is 0. The summed E-state index contributed by atoms with van der Waals surface area (Å²) in [4.78, 5) is 14.3. The first kappa shape index (κ1) is 15.3. The van der Waals surface area contributed by atoms with Crippen molar-refractivity contribution in [2.24, 2.45) is 5.92 Å². The molecular formula is C14H19NO4. The molecule has 0 aliphatic rings. The molecule has 1 heterocycles. The number of allylic oxidation sites excluding steroid dienone is 2. The van der Waals surface area contributed by atoms with Gasteiger partial charge in [-0.15, -0.1) is 0 Å². The minimum Gasteiger partial charge on any atom is -0.481 e. The van der Waals surface area contributed by atoms with Gasteiger partial charge in [0.2, 0.25) is 0 Å². The van der Waals surface area contributed by atoms with Gasteiger partial charge in [0.1, 0.15) is 0 Å². The minimum atomic E-state index is -0.834. The summed E-state index contributed by atoms with van der Waals surface area (Å²) in [5.74, 6) is -1.15. The Balaban J connectivity index is 2.47.